The second-order valence-electron chi connectivity index (χ2n) is 5.74. The van der Waals surface area contributed by atoms with Crippen molar-refractivity contribution in [1.29, 1.82) is 0 Å². The summed E-state index contributed by atoms with van der Waals surface area (Å²) in [6, 6.07) is 11.3. The van der Waals surface area contributed by atoms with Crippen LogP contribution < -0.4 is 10.2 Å². The Morgan fingerprint density at radius 2 is 1.96 bits per heavy atom. The summed E-state index contributed by atoms with van der Waals surface area (Å²) in [5.41, 5.74) is 1.19. The summed E-state index contributed by atoms with van der Waals surface area (Å²) in [6.07, 6.45) is -0.826. The minimum Gasteiger partial charge on any atom is -0.358 e. The van der Waals surface area contributed by atoms with Gasteiger partial charge < -0.3 is 15.1 Å². The lowest BCUT2D eigenvalue weighted by atomic mass is 10.0. The van der Waals surface area contributed by atoms with Crippen LogP contribution in [0.25, 0.3) is 0 Å². The van der Waals surface area contributed by atoms with Crippen LogP contribution in [0.2, 0.25) is 5.02 Å². The highest BCUT2D eigenvalue weighted by atomic mass is 35.5. The smallest absolute Gasteiger partial charge is 0.257 e. The summed E-state index contributed by atoms with van der Waals surface area (Å²) in [6.45, 7) is -0.0412. The molecule has 130 valence electrons. The Bertz CT molecular complexity index is 823. The maximum absolute atomic E-state index is 14.6. The average Bonchev–Trinajstić information content (AvgIpc) is 2.61. The molecule has 0 fully saturated rings. The van der Waals surface area contributed by atoms with Crippen molar-refractivity contribution in [3.63, 3.8) is 0 Å². The lowest BCUT2D eigenvalue weighted by Crippen LogP contribution is -2.50. The number of rotatable bonds is 3. The molecule has 0 aliphatic carbocycles. The van der Waals surface area contributed by atoms with Gasteiger partial charge in [-0.1, -0.05) is 29.8 Å². The van der Waals surface area contributed by atoms with E-state index in [4.69, 9.17) is 11.6 Å². The van der Waals surface area contributed by atoms with E-state index in [9.17, 15) is 14.0 Å². The van der Waals surface area contributed by atoms with Gasteiger partial charge in [-0.05, 0) is 24.3 Å². The number of halogens is 2. The van der Waals surface area contributed by atoms with Crippen molar-refractivity contribution in [2.45, 2.75) is 6.17 Å². The largest absolute Gasteiger partial charge is 0.358 e. The molecule has 1 unspecified atom stereocenters. The fraction of sp³-hybridized carbons (Fsp3) is 0.222. The van der Waals surface area contributed by atoms with Crippen molar-refractivity contribution in [3.05, 3.63) is 64.4 Å². The molecule has 0 bridgehead atoms. The van der Waals surface area contributed by atoms with Crippen LogP contribution in [-0.4, -0.2) is 37.4 Å². The van der Waals surface area contributed by atoms with Crippen molar-refractivity contribution in [1.82, 2.24) is 10.2 Å². The van der Waals surface area contributed by atoms with Crippen molar-refractivity contribution in [2.24, 2.45) is 0 Å². The number of carbonyl (C=O) groups is 2. The van der Waals surface area contributed by atoms with Crippen LogP contribution in [0.4, 0.5) is 10.1 Å². The fourth-order valence-corrected chi connectivity index (χ4v) is 3.32. The maximum atomic E-state index is 14.6. The number of amides is 2. The zero-order valence-electron chi connectivity index (χ0n) is 13.8. The Hall–Kier alpha value is -2.60. The molecule has 7 heteroatoms. The number of fused-ring (bicyclic) bond motifs is 1. The Morgan fingerprint density at radius 1 is 1.24 bits per heavy atom. The first-order valence-electron chi connectivity index (χ1n) is 7.73. The molecule has 1 aliphatic rings. The normalized spacial score (nSPS) is 16.6. The third-order valence-electron chi connectivity index (χ3n) is 4.28. The molecule has 1 atom stereocenters. The van der Waals surface area contributed by atoms with E-state index in [1.807, 2.05) is 0 Å². The SMILES string of the molecule is CNC(=O)CN1c2ccccc2C(=O)N(C)C1c1c(F)cccc1Cl. The number of para-hydroxylation sites is 1. The second-order valence-corrected chi connectivity index (χ2v) is 6.15. The van der Waals surface area contributed by atoms with Gasteiger partial charge in [-0.3, -0.25) is 9.59 Å². The highest BCUT2D eigenvalue weighted by Gasteiger charge is 2.39. The van der Waals surface area contributed by atoms with Crippen molar-refractivity contribution >= 4 is 29.1 Å². The predicted molar refractivity (Wildman–Crippen MR) is 94.1 cm³/mol. The Morgan fingerprint density at radius 3 is 2.64 bits per heavy atom. The molecule has 5 nitrogen and oxygen atoms in total. The number of likely N-dealkylation sites (N-methyl/N-ethyl adjacent to an activating group) is 1. The maximum Gasteiger partial charge on any atom is 0.257 e. The van der Waals surface area contributed by atoms with E-state index in [-0.39, 0.29) is 28.9 Å². The quantitative estimate of drug-likeness (QED) is 0.914. The Balaban J connectivity index is 2.21. The van der Waals surface area contributed by atoms with Crippen LogP contribution >= 0.6 is 11.6 Å². The van der Waals surface area contributed by atoms with E-state index in [0.717, 1.165) is 0 Å². The van der Waals surface area contributed by atoms with E-state index in [0.29, 0.717) is 11.3 Å². The predicted octanol–water partition coefficient (Wildman–Crippen LogP) is 2.82. The van der Waals surface area contributed by atoms with Gasteiger partial charge in [0.05, 0.1) is 22.8 Å². The lowest BCUT2D eigenvalue weighted by molar-refractivity contribution is -0.119. The van der Waals surface area contributed by atoms with Gasteiger partial charge >= 0.3 is 0 Å². The molecule has 25 heavy (non-hydrogen) atoms. The van der Waals surface area contributed by atoms with Crippen molar-refractivity contribution < 1.29 is 14.0 Å². The molecular weight excluding hydrogens is 345 g/mol. The van der Waals surface area contributed by atoms with Crippen LogP contribution in [0.3, 0.4) is 0 Å². The summed E-state index contributed by atoms with van der Waals surface area (Å²) in [7, 11) is 3.10. The van der Waals surface area contributed by atoms with Crippen molar-refractivity contribution in [2.75, 3.05) is 25.5 Å². The monoisotopic (exact) mass is 361 g/mol. The van der Waals surface area contributed by atoms with Crippen LogP contribution in [0.15, 0.2) is 42.5 Å². The van der Waals surface area contributed by atoms with Crippen LogP contribution in [0.1, 0.15) is 22.1 Å². The number of nitrogens with one attached hydrogen (secondary N) is 1. The zero-order chi connectivity index (χ0) is 18.1. The number of benzene rings is 2. The number of hydrogen-bond donors (Lipinski definition) is 1. The first kappa shape index (κ1) is 17.2. The molecule has 0 saturated heterocycles. The molecule has 2 aromatic carbocycles. The lowest BCUT2D eigenvalue weighted by Gasteiger charge is -2.44. The van der Waals surface area contributed by atoms with Gasteiger partial charge in [0.2, 0.25) is 5.91 Å². The topological polar surface area (TPSA) is 52.7 Å². The summed E-state index contributed by atoms with van der Waals surface area (Å²) < 4.78 is 14.6. The number of carbonyl (C=O) groups excluding carboxylic acids is 2. The van der Waals surface area contributed by atoms with Crippen LogP contribution in [0.5, 0.6) is 0 Å². The fourth-order valence-electron chi connectivity index (χ4n) is 3.06. The van der Waals surface area contributed by atoms with Crippen molar-refractivity contribution in [3.8, 4) is 0 Å². The summed E-state index contributed by atoms with van der Waals surface area (Å²) in [5.74, 6) is -1.04. The average molecular weight is 362 g/mol. The zero-order valence-corrected chi connectivity index (χ0v) is 14.5. The van der Waals surface area contributed by atoms with Gasteiger partial charge in [-0.25, -0.2) is 4.39 Å². The van der Waals surface area contributed by atoms with Crippen LogP contribution in [0, 0.1) is 5.82 Å². The van der Waals surface area contributed by atoms with E-state index >= 15 is 0 Å². The Kier molecular flexibility index (Phi) is 4.63. The minimum atomic E-state index is -0.826. The van der Waals surface area contributed by atoms with E-state index < -0.39 is 12.0 Å². The first-order valence-corrected chi connectivity index (χ1v) is 8.10. The van der Waals surface area contributed by atoms with Gasteiger partial charge in [-0.2, -0.15) is 0 Å². The molecule has 1 N–H and O–H groups in total. The molecule has 1 heterocycles. The highest BCUT2D eigenvalue weighted by molar-refractivity contribution is 6.31. The summed E-state index contributed by atoms with van der Waals surface area (Å²) >= 11 is 6.23. The highest BCUT2D eigenvalue weighted by Crippen LogP contribution is 2.40. The number of nitrogens with zero attached hydrogens (tertiary/aromatic N) is 2. The molecule has 0 spiro atoms. The van der Waals surface area contributed by atoms with Gasteiger partial charge in [0.1, 0.15) is 12.0 Å². The van der Waals surface area contributed by atoms with E-state index in [1.54, 1.807) is 42.3 Å². The third kappa shape index (κ3) is 2.93. The number of hydrogen-bond acceptors (Lipinski definition) is 3. The first-order chi connectivity index (χ1) is 12.0. The molecule has 3 rings (SSSR count). The summed E-state index contributed by atoms with van der Waals surface area (Å²) in [4.78, 5) is 27.9. The van der Waals surface area contributed by atoms with Gasteiger partial charge in [0, 0.05) is 19.7 Å². The van der Waals surface area contributed by atoms with Gasteiger partial charge in [0.25, 0.3) is 5.91 Å². The second kappa shape index (κ2) is 6.72. The Labute approximate surface area is 150 Å². The molecule has 1 aliphatic heterocycles. The molecular formula is C18H17ClFN3O2. The molecule has 0 radical (unpaired) electrons. The summed E-state index contributed by atoms with van der Waals surface area (Å²) in [5, 5.41) is 2.76. The molecule has 2 aromatic rings. The van der Waals surface area contributed by atoms with E-state index in [2.05, 4.69) is 5.32 Å². The third-order valence-corrected chi connectivity index (χ3v) is 4.61. The minimum absolute atomic E-state index is 0.0412. The molecule has 0 saturated carbocycles. The van der Waals surface area contributed by atoms with E-state index in [1.165, 1.54) is 24.1 Å². The standard InChI is InChI=1S/C18H17ClFN3O2/c1-21-15(24)10-23-14-9-4-3-6-11(14)18(25)22(2)17(23)16-12(19)7-5-8-13(16)20/h3-9,17H,10H2,1-2H3,(H,21,24). The van der Waals surface area contributed by atoms with Gasteiger partial charge in [0.15, 0.2) is 0 Å². The van der Waals surface area contributed by atoms with Gasteiger partial charge in [-0.15, -0.1) is 0 Å². The molecule has 0 aromatic heterocycles. The van der Waals surface area contributed by atoms with Crippen LogP contribution in [-0.2, 0) is 4.79 Å². The number of anilines is 1. The molecule has 2 amide bonds.